The molecule has 1 aromatic carbocycles. The van der Waals surface area contributed by atoms with E-state index in [1.807, 2.05) is 36.4 Å². The first-order chi connectivity index (χ1) is 14.7. The van der Waals surface area contributed by atoms with Gasteiger partial charge in [-0.2, -0.15) is 5.26 Å². The molecule has 0 radical (unpaired) electrons. The first-order valence-electron chi connectivity index (χ1n) is 9.45. The number of benzene rings is 1. The number of aromatic nitrogens is 2. The maximum absolute atomic E-state index is 14.0. The number of alkyl halides is 2. The molecule has 3 N–H and O–H groups in total. The van der Waals surface area contributed by atoms with E-state index in [1.54, 1.807) is 12.3 Å². The average Bonchev–Trinajstić information content (AvgIpc) is 2.75. The van der Waals surface area contributed by atoms with Crippen LogP contribution in [0, 0.1) is 11.3 Å². The van der Waals surface area contributed by atoms with Crippen molar-refractivity contribution in [3.05, 3.63) is 66.1 Å². The van der Waals surface area contributed by atoms with Crippen molar-refractivity contribution in [1.29, 1.82) is 5.26 Å². The van der Waals surface area contributed by atoms with E-state index < -0.39 is 18.1 Å². The van der Waals surface area contributed by atoms with E-state index in [-0.39, 0.29) is 5.69 Å². The summed E-state index contributed by atoms with van der Waals surface area (Å²) in [4.78, 5) is 12.5. The summed E-state index contributed by atoms with van der Waals surface area (Å²) in [6.07, 6.45) is 4.12. The number of fused-ring (bicyclic) bond motifs is 1. The third-order valence-electron chi connectivity index (χ3n) is 4.80. The molecule has 6 nitrogen and oxygen atoms in total. The first kappa shape index (κ1) is 22.0. The maximum atomic E-state index is 14.0. The highest BCUT2D eigenvalue weighted by Gasteiger charge is 2.44. The minimum Gasteiger partial charge on any atom is -0.404 e. The molecule has 0 aliphatic heterocycles. The van der Waals surface area contributed by atoms with Crippen LogP contribution in [0.1, 0.15) is 25.1 Å². The molecule has 0 unspecified atom stereocenters. The number of nitrogens with two attached hydrogens (primary N) is 1. The fraction of sp³-hybridized carbons (Fsp3) is 0.217. The Labute approximate surface area is 178 Å². The molecular formula is C23H21F2N5O. The summed E-state index contributed by atoms with van der Waals surface area (Å²) in [5.74, 6) is -3.42. The second-order valence-electron chi connectivity index (χ2n) is 7.47. The number of rotatable bonds is 6. The third-order valence-corrected chi connectivity index (χ3v) is 4.80. The van der Waals surface area contributed by atoms with E-state index in [2.05, 4.69) is 15.0 Å². The van der Waals surface area contributed by atoms with Crippen molar-refractivity contribution in [3.8, 4) is 17.3 Å². The Hall–Kier alpha value is -3.70. The van der Waals surface area contributed by atoms with Crippen molar-refractivity contribution < 1.29 is 13.9 Å². The Morgan fingerprint density at radius 2 is 2.03 bits per heavy atom. The van der Waals surface area contributed by atoms with Crippen LogP contribution in [-0.2, 0) is 0 Å². The van der Waals surface area contributed by atoms with Gasteiger partial charge in [0.05, 0.1) is 11.2 Å². The van der Waals surface area contributed by atoms with E-state index in [0.29, 0.717) is 22.4 Å². The average molecular weight is 421 g/mol. The minimum atomic E-state index is -3.42. The predicted octanol–water partition coefficient (Wildman–Crippen LogP) is 3.95. The highest BCUT2D eigenvalue weighted by atomic mass is 19.3. The lowest BCUT2D eigenvalue weighted by molar-refractivity contribution is -0.153. The SMILES string of the molecule is CC(C)(O)C(F)(F)CN=C/C(=C\N)c1ccc(C#N)nc1-c1ccc2cccnc2c1. The van der Waals surface area contributed by atoms with Gasteiger partial charge in [0.2, 0.25) is 0 Å². The van der Waals surface area contributed by atoms with Crippen LogP contribution in [0.15, 0.2) is 59.9 Å². The lowest BCUT2D eigenvalue weighted by atomic mass is 9.98. The van der Waals surface area contributed by atoms with E-state index >= 15 is 0 Å². The van der Waals surface area contributed by atoms with Crippen LogP contribution >= 0.6 is 0 Å². The number of nitriles is 1. The third kappa shape index (κ3) is 4.73. The molecule has 0 fully saturated rings. The number of aliphatic hydroxyl groups is 1. The minimum absolute atomic E-state index is 0.196. The molecule has 0 bridgehead atoms. The van der Waals surface area contributed by atoms with Gasteiger partial charge in [-0.05, 0) is 38.1 Å². The summed E-state index contributed by atoms with van der Waals surface area (Å²) in [6, 6.07) is 14.5. The van der Waals surface area contributed by atoms with Crippen LogP contribution in [0.5, 0.6) is 0 Å². The molecule has 0 amide bonds. The van der Waals surface area contributed by atoms with Crippen molar-refractivity contribution in [1.82, 2.24) is 9.97 Å². The predicted molar refractivity (Wildman–Crippen MR) is 116 cm³/mol. The molecular weight excluding hydrogens is 400 g/mol. The first-order valence-corrected chi connectivity index (χ1v) is 9.45. The van der Waals surface area contributed by atoms with Crippen LogP contribution in [0.3, 0.4) is 0 Å². The van der Waals surface area contributed by atoms with Gasteiger partial charge in [0.25, 0.3) is 5.92 Å². The van der Waals surface area contributed by atoms with Gasteiger partial charge >= 0.3 is 0 Å². The smallest absolute Gasteiger partial charge is 0.294 e. The van der Waals surface area contributed by atoms with Crippen molar-refractivity contribution >= 4 is 22.7 Å². The van der Waals surface area contributed by atoms with Crippen molar-refractivity contribution in [3.63, 3.8) is 0 Å². The topological polar surface area (TPSA) is 108 Å². The Balaban J connectivity index is 2.04. The fourth-order valence-electron chi connectivity index (χ4n) is 2.84. The molecule has 158 valence electrons. The van der Waals surface area contributed by atoms with Crippen LogP contribution in [0.25, 0.3) is 27.7 Å². The van der Waals surface area contributed by atoms with Crippen LogP contribution in [0.2, 0.25) is 0 Å². The van der Waals surface area contributed by atoms with Gasteiger partial charge in [-0.25, -0.2) is 13.8 Å². The zero-order chi connectivity index (χ0) is 22.6. The molecule has 0 saturated carbocycles. The molecule has 31 heavy (non-hydrogen) atoms. The Kier molecular flexibility index (Phi) is 6.09. The Morgan fingerprint density at radius 3 is 2.71 bits per heavy atom. The van der Waals surface area contributed by atoms with Crippen LogP contribution in [-0.4, -0.2) is 39.4 Å². The molecule has 2 aromatic heterocycles. The molecule has 2 heterocycles. The monoisotopic (exact) mass is 421 g/mol. The fourth-order valence-corrected chi connectivity index (χ4v) is 2.84. The normalized spacial score (nSPS) is 13.0. The number of hydrogen-bond acceptors (Lipinski definition) is 6. The molecule has 0 saturated heterocycles. The number of pyridine rings is 2. The van der Waals surface area contributed by atoms with Gasteiger partial charge in [0.1, 0.15) is 23.9 Å². The molecule has 0 atom stereocenters. The number of halogens is 2. The molecule has 8 heteroatoms. The van der Waals surface area contributed by atoms with E-state index in [4.69, 9.17) is 5.73 Å². The van der Waals surface area contributed by atoms with Crippen molar-refractivity contribution in [2.45, 2.75) is 25.4 Å². The largest absolute Gasteiger partial charge is 0.404 e. The number of allylic oxidation sites excluding steroid dienone is 1. The van der Waals surface area contributed by atoms with E-state index in [1.165, 1.54) is 18.5 Å². The molecule has 3 rings (SSSR count). The molecule has 3 aromatic rings. The second kappa shape index (κ2) is 8.58. The summed E-state index contributed by atoms with van der Waals surface area (Å²) < 4.78 is 28.0. The Morgan fingerprint density at radius 1 is 1.26 bits per heavy atom. The van der Waals surface area contributed by atoms with E-state index in [9.17, 15) is 19.1 Å². The summed E-state index contributed by atoms with van der Waals surface area (Å²) in [7, 11) is 0. The lowest BCUT2D eigenvalue weighted by Crippen LogP contribution is -2.45. The van der Waals surface area contributed by atoms with Crippen LogP contribution < -0.4 is 5.73 Å². The molecule has 0 aliphatic rings. The lowest BCUT2D eigenvalue weighted by Gasteiger charge is -2.27. The number of nitrogens with zero attached hydrogens (tertiary/aromatic N) is 4. The quantitative estimate of drug-likeness (QED) is 0.586. The van der Waals surface area contributed by atoms with E-state index in [0.717, 1.165) is 24.8 Å². The van der Waals surface area contributed by atoms with Gasteiger partial charge in [-0.15, -0.1) is 0 Å². The van der Waals surface area contributed by atoms with Crippen molar-refractivity contribution in [2.24, 2.45) is 10.7 Å². The summed E-state index contributed by atoms with van der Waals surface area (Å²) in [5, 5.41) is 19.8. The van der Waals surface area contributed by atoms with Gasteiger partial charge in [0, 0.05) is 40.7 Å². The van der Waals surface area contributed by atoms with Crippen LogP contribution in [0.4, 0.5) is 8.78 Å². The summed E-state index contributed by atoms with van der Waals surface area (Å²) >= 11 is 0. The van der Waals surface area contributed by atoms with Gasteiger partial charge < -0.3 is 10.8 Å². The standard InChI is InChI=1S/C23H21F2N5O/c1-22(2,31)23(24,25)14-28-13-17(11-26)19-8-7-18(12-27)30-21(19)16-6-5-15-4-3-9-29-20(15)10-16/h3-11,13,31H,14,26H2,1-2H3/b17-11+,28-13?. The van der Waals surface area contributed by atoms with Gasteiger partial charge in [0.15, 0.2) is 0 Å². The highest BCUT2D eigenvalue weighted by molar-refractivity contribution is 6.12. The van der Waals surface area contributed by atoms with Gasteiger partial charge in [-0.1, -0.05) is 18.2 Å². The van der Waals surface area contributed by atoms with Crippen molar-refractivity contribution in [2.75, 3.05) is 6.54 Å². The molecule has 0 spiro atoms. The number of hydrogen-bond donors (Lipinski definition) is 2. The molecule has 0 aliphatic carbocycles. The number of aliphatic imine (C=N–C) groups is 1. The zero-order valence-corrected chi connectivity index (χ0v) is 17.0. The Bertz CT molecular complexity index is 1210. The summed E-state index contributed by atoms with van der Waals surface area (Å²) in [5.41, 5.74) is 6.48. The maximum Gasteiger partial charge on any atom is 0.294 e. The van der Waals surface area contributed by atoms with Gasteiger partial charge in [-0.3, -0.25) is 9.98 Å². The summed E-state index contributed by atoms with van der Waals surface area (Å²) in [6.45, 7) is 1.14. The zero-order valence-electron chi connectivity index (χ0n) is 17.0. The second-order valence-corrected chi connectivity index (χ2v) is 7.47. The highest BCUT2D eigenvalue weighted by Crippen LogP contribution is 2.30.